The fraction of sp³-hybridized carbons (Fsp3) is 0.156. The van der Waals surface area contributed by atoms with Gasteiger partial charge < -0.3 is 20.2 Å². The average molecular weight is 517 g/mol. The third-order valence-electron chi connectivity index (χ3n) is 7.09. The second-order valence-electron chi connectivity index (χ2n) is 9.71. The van der Waals surface area contributed by atoms with Crippen LogP contribution < -0.4 is 15.1 Å². The molecule has 0 aliphatic carbocycles. The summed E-state index contributed by atoms with van der Waals surface area (Å²) in [5, 5.41) is 11.2. The first-order valence-electron chi connectivity index (χ1n) is 13.1. The molecule has 1 fully saturated rings. The first-order chi connectivity index (χ1) is 19.1. The Hall–Kier alpha value is -4.91. The normalized spacial score (nSPS) is 13.4. The number of benzene rings is 4. The van der Waals surface area contributed by atoms with E-state index in [4.69, 9.17) is 10.1 Å². The molecule has 0 bridgehead atoms. The van der Waals surface area contributed by atoms with Gasteiger partial charge in [0.05, 0.1) is 23.7 Å². The van der Waals surface area contributed by atoms with Crippen LogP contribution in [0, 0.1) is 0 Å². The summed E-state index contributed by atoms with van der Waals surface area (Å²) in [6.45, 7) is 3.32. The molecular formula is C32H30N5O2+. The third-order valence-corrected chi connectivity index (χ3v) is 7.09. The second-order valence-corrected chi connectivity index (χ2v) is 9.71. The van der Waals surface area contributed by atoms with Crippen molar-refractivity contribution in [3.05, 3.63) is 109 Å². The molecule has 0 radical (unpaired) electrons. The minimum Gasteiger partial charge on any atom is -0.592 e. The van der Waals surface area contributed by atoms with E-state index < -0.39 is 0 Å². The highest BCUT2D eigenvalue weighted by molar-refractivity contribution is 5.92. The Bertz CT molecular complexity index is 1600. The number of aromatic nitrogens is 2. The van der Waals surface area contributed by atoms with Gasteiger partial charge in [0.2, 0.25) is 5.91 Å². The van der Waals surface area contributed by atoms with Crippen LogP contribution in [0.5, 0.6) is 5.75 Å². The summed E-state index contributed by atoms with van der Waals surface area (Å²) in [7, 11) is 0. The molecule has 0 saturated carbocycles. The Balaban J connectivity index is 1.13. The van der Waals surface area contributed by atoms with E-state index in [1.807, 2.05) is 91.1 Å². The smallest absolute Gasteiger partial charge is 0.277 e. The van der Waals surface area contributed by atoms with Gasteiger partial charge in [0.15, 0.2) is 0 Å². The SMILES string of the molecule is O=C(Cc1ccccc1)Nc1ccc(-c2ccc3ncc(N4CCN(c5ccccc5[OH2+])CC4)nc3c2)cc1. The summed E-state index contributed by atoms with van der Waals surface area (Å²) < 4.78 is 0. The van der Waals surface area contributed by atoms with Crippen LogP contribution in [0.4, 0.5) is 17.2 Å². The summed E-state index contributed by atoms with van der Waals surface area (Å²) >= 11 is 0. The van der Waals surface area contributed by atoms with Gasteiger partial charge in [-0.1, -0.05) is 60.7 Å². The molecule has 1 saturated heterocycles. The van der Waals surface area contributed by atoms with Crippen LogP contribution in [0.15, 0.2) is 103 Å². The number of hydrogen-bond acceptors (Lipinski definition) is 5. The van der Waals surface area contributed by atoms with E-state index in [1.165, 1.54) is 0 Å². The fourth-order valence-corrected chi connectivity index (χ4v) is 4.99. The van der Waals surface area contributed by atoms with Gasteiger partial charge in [-0.3, -0.25) is 9.78 Å². The van der Waals surface area contributed by atoms with Crippen LogP contribution in [-0.2, 0) is 11.2 Å². The monoisotopic (exact) mass is 516 g/mol. The Labute approximate surface area is 227 Å². The van der Waals surface area contributed by atoms with Crippen molar-refractivity contribution in [2.75, 3.05) is 41.3 Å². The van der Waals surface area contributed by atoms with Gasteiger partial charge in [-0.2, -0.15) is 0 Å². The van der Waals surface area contributed by atoms with E-state index in [9.17, 15) is 4.79 Å². The molecule has 7 heteroatoms. The van der Waals surface area contributed by atoms with Crippen molar-refractivity contribution in [3.63, 3.8) is 0 Å². The standard InChI is InChI=1S/C32H29N5O2/c38-30-9-5-4-8-29(30)36-16-18-37(19-17-36)31-22-33-27-15-12-25(21-28(27)35-31)24-10-13-26(14-11-24)34-32(39)20-23-6-2-1-3-7-23/h1-15,21-22,38H,16-20H2,(H,34,39)/p+1. The molecule has 3 N–H and O–H groups in total. The summed E-state index contributed by atoms with van der Waals surface area (Å²) in [6.07, 6.45) is 2.20. The van der Waals surface area contributed by atoms with Crippen LogP contribution in [0.1, 0.15) is 5.56 Å². The van der Waals surface area contributed by atoms with E-state index >= 15 is 0 Å². The molecule has 1 amide bonds. The maximum Gasteiger partial charge on any atom is 0.277 e. The van der Waals surface area contributed by atoms with E-state index in [0.29, 0.717) is 12.2 Å². The van der Waals surface area contributed by atoms with Crippen molar-refractivity contribution in [3.8, 4) is 16.9 Å². The van der Waals surface area contributed by atoms with Crippen LogP contribution in [0.2, 0.25) is 0 Å². The van der Waals surface area contributed by atoms with Gasteiger partial charge in [-0.15, -0.1) is 0 Å². The van der Waals surface area contributed by atoms with Crippen molar-refractivity contribution in [1.82, 2.24) is 9.97 Å². The van der Waals surface area contributed by atoms with Gasteiger partial charge in [0.25, 0.3) is 5.75 Å². The lowest BCUT2D eigenvalue weighted by Crippen LogP contribution is -2.46. The molecule has 1 aliphatic rings. The Morgan fingerprint density at radius 1 is 0.769 bits per heavy atom. The minimum absolute atomic E-state index is 0.0350. The minimum atomic E-state index is -0.0350. The number of hydrogen-bond donors (Lipinski definition) is 1. The molecule has 1 aromatic heterocycles. The number of amides is 1. The molecule has 194 valence electrons. The van der Waals surface area contributed by atoms with E-state index in [0.717, 1.165) is 71.1 Å². The Morgan fingerprint density at radius 2 is 1.46 bits per heavy atom. The van der Waals surface area contributed by atoms with Crippen LogP contribution in [-0.4, -0.2) is 47.2 Å². The van der Waals surface area contributed by atoms with Crippen LogP contribution in [0.3, 0.4) is 0 Å². The zero-order chi connectivity index (χ0) is 26.6. The van der Waals surface area contributed by atoms with Gasteiger partial charge in [-0.25, -0.2) is 4.98 Å². The Morgan fingerprint density at radius 3 is 2.23 bits per heavy atom. The number of nitrogens with zero attached hydrogens (tertiary/aromatic N) is 4. The van der Waals surface area contributed by atoms with E-state index in [-0.39, 0.29) is 5.91 Å². The highest BCUT2D eigenvalue weighted by Crippen LogP contribution is 2.29. The summed E-state index contributed by atoms with van der Waals surface area (Å²) in [5.74, 6) is 1.40. The number of nitrogens with one attached hydrogen (secondary N) is 1. The molecule has 1 aliphatic heterocycles. The largest absolute Gasteiger partial charge is 0.592 e. The lowest BCUT2D eigenvalue weighted by atomic mass is 10.0. The molecule has 7 nitrogen and oxygen atoms in total. The van der Waals surface area contributed by atoms with Crippen LogP contribution >= 0.6 is 0 Å². The van der Waals surface area contributed by atoms with E-state index in [1.54, 1.807) is 0 Å². The molecule has 0 unspecified atom stereocenters. The molecule has 39 heavy (non-hydrogen) atoms. The van der Waals surface area contributed by atoms with Crippen molar-refractivity contribution >= 4 is 34.1 Å². The molecular weight excluding hydrogens is 486 g/mol. The number of carbonyl (C=O) groups excluding carboxylic acids is 1. The van der Waals surface area contributed by atoms with Gasteiger partial charge in [-0.05, 0) is 47.0 Å². The van der Waals surface area contributed by atoms with Crippen LogP contribution in [0.25, 0.3) is 22.2 Å². The molecule has 0 atom stereocenters. The summed E-state index contributed by atoms with van der Waals surface area (Å²) in [4.78, 5) is 26.5. The first-order valence-corrected chi connectivity index (χ1v) is 13.1. The number of anilines is 3. The molecule has 0 spiro atoms. The zero-order valence-corrected chi connectivity index (χ0v) is 21.5. The highest BCUT2D eigenvalue weighted by Gasteiger charge is 2.22. The maximum atomic E-state index is 12.4. The predicted molar refractivity (Wildman–Crippen MR) is 158 cm³/mol. The molecule has 5 aromatic rings. The van der Waals surface area contributed by atoms with Crippen molar-refractivity contribution in [2.45, 2.75) is 6.42 Å². The second kappa shape index (κ2) is 10.8. The Kier molecular flexibility index (Phi) is 6.78. The first kappa shape index (κ1) is 24.4. The average Bonchev–Trinajstić information content (AvgIpc) is 2.98. The topological polar surface area (TPSA) is 84.3 Å². The number of rotatable bonds is 6. The quantitative estimate of drug-likeness (QED) is 0.312. The lowest BCUT2D eigenvalue weighted by Gasteiger charge is -2.36. The van der Waals surface area contributed by atoms with Gasteiger partial charge in [0, 0.05) is 37.9 Å². The fourth-order valence-electron chi connectivity index (χ4n) is 4.99. The third kappa shape index (κ3) is 5.52. The van der Waals surface area contributed by atoms with E-state index in [2.05, 4.69) is 32.2 Å². The molecule has 6 rings (SSSR count). The number of piperazine rings is 1. The van der Waals surface area contributed by atoms with Gasteiger partial charge in [0.1, 0.15) is 11.5 Å². The maximum absolute atomic E-state index is 12.4. The summed E-state index contributed by atoms with van der Waals surface area (Å²) in [5.41, 5.74) is 6.55. The number of fused-ring (bicyclic) bond motifs is 1. The number of para-hydroxylation sites is 2. The van der Waals surface area contributed by atoms with Crippen molar-refractivity contribution < 1.29 is 9.90 Å². The lowest BCUT2D eigenvalue weighted by molar-refractivity contribution is -0.115. The highest BCUT2D eigenvalue weighted by atomic mass is 16.3. The van der Waals surface area contributed by atoms with Crippen molar-refractivity contribution in [2.24, 2.45) is 0 Å². The van der Waals surface area contributed by atoms with Gasteiger partial charge >= 0.3 is 0 Å². The molecule has 4 aromatic carbocycles. The number of carbonyl (C=O) groups is 1. The predicted octanol–water partition coefficient (Wildman–Crippen LogP) is 5.24. The van der Waals surface area contributed by atoms with Crippen molar-refractivity contribution in [1.29, 1.82) is 0 Å². The zero-order valence-electron chi connectivity index (χ0n) is 21.5. The molecule has 2 heterocycles. The summed E-state index contributed by atoms with van der Waals surface area (Å²) in [6, 6.07) is 31.5.